The summed E-state index contributed by atoms with van der Waals surface area (Å²) < 4.78 is 44.4. The smallest absolute Gasteiger partial charge is 0.312 e. The normalized spacial score (nSPS) is 16.3. The number of aromatic nitrogens is 6. The Morgan fingerprint density at radius 3 is 2.26 bits per heavy atom. The molecule has 3 aromatic carbocycles. The largest absolute Gasteiger partial charge is 0.488 e. The molecule has 6 rings (SSSR count). The number of nitrogens with zero attached hydrogens (tertiary/aromatic N) is 7. The molecule has 15 nitrogen and oxygen atoms in total. The summed E-state index contributed by atoms with van der Waals surface area (Å²) in [5, 5.41) is 35.7. The van der Waals surface area contributed by atoms with E-state index >= 15 is 0 Å². The molecule has 0 bridgehead atoms. The minimum Gasteiger partial charge on any atom is -0.488 e. The van der Waals surface area contributed by atoms with E-state index in [9.17, 15) is 23.1 Å². The van der Waals surface area contributed by atoms with E-state index in [0.29, 0.717) is 41.4 Å². The topological polar surface area (TPSA) is 192 Å². The third-order valence-electron chi connectivity index (χ3n) is 9.07. The quantitative estimate of drug-likeness (QED) is 0.165. The molecule has 16 heteroatoms. The molecule has 0 spiro atoms. The monoisotopic (exact) mass is 743 g/mol. The maximum atomic E-state index is 13.8. The van der Waals surface area contributed by atoms with Crippen molar-refractivity contribution in [2.24, 2.45) is 5.41 Å². The Morgan fingerprint density at radius 2 is 1.58 bits per heavy atom. The van der Waals surface area contributed by atoms with Crippen LogP contribution in [-0.4, -0.2) is 77.5 Å². The number of benzene rings is 3. The molecule has 5 aromatic rings. The summed E-state index contributed by atoms with van der Waals surface area (Å²) >= 11 is 0. The number of aliphatic carboxylic acids is 2. The second-order valence-electron chi connectivity index (χ2n) is 13.8. The lowest BCUT2D eigenvalue weighted by molar-refractivity contribution is -0.158. The zero-order valence-corrected chi connectivity index (χ0v) is 30.6. The number of carboxylic acids is 2. The molecule has 0 amide bonds. The number of hydrogen-bond donors (Lipinski definition) is 2. The van der Waals surface area contributed by atoms with Crippen LogP contribution in [0.15, 0.2) is 84.0 Å². The van der Waals surface area contributed by atoms with Crippen LogP contribution in [0.2, 0.25) is 0 Å². The van der Waals surface area contributed by atoms with Crippen LogP contribution in [-0.2, 0) is 57.0 Å². The highest BCUT2D eigenvalue weighted by molar-refractivity contribution is 7.89. The predicted octanol–water partition coefficient (Wildman–Crippen LogP) is 4.24. The van der Waals surface area contributed by atoms with Gasteiger partial charge in [0.15, 0.2) is 0 Å². The number of sulfonamides is 1. The summed E-state index contributed by atoms with van der Waals surface area (Å²) in [4.78, 5) is 23.6. The molecule has 2 atom stereocenters. The summed E-state index contributed by atoms with van der Waals surface area (Å²) in [5.74, 6) is -1.72. The number of rotatable bonds is 14. The van der Waals surface area contributed by atoms with Crippen LogP contribution in [0.5, 0.6) is 5.75 Å². The van der Waals surface area contributed by atoms with E-state index in [-0.39, 0.29) is 31.0 Å². The van der Waals surface area contributed by atoms with Crippen molar-refractivity contribution in [3.63, 3.8) is 0 Å². The fourth-order valence-corrected chi connectivity index (χ4v) is 7.85. The molecule has 2 aromatic heterocycles. The highest BCUT2D eigenvalue weighted by Gasteiger charge is 2.40. The second-order valence-corrected chi connectivity index (χ2v) is 15.7. The highest BCUT2D eigenvalue weighted by atomic mass is 32.2. The second kappa shape index (κ2) is 15.3. The standard InChI is InChI=1S/C37H41N7O8S/c1-24-12-13-28(15-29(24)20-44-17-25(2)52-32-10-5-6-11-33(32)53(44,49)50)35(37(3,4)36(47)48)51-23-31-22-43(41-39-31)19-27-9-7-8-26(14-27)18-42-21-30(38-40-42)16-34(45)46/h5-15,21-22,25,35H,16-20,23H2,1-4H3,(H,45,46)(H,47,48)/t25-,35?/m1/s1. The van der Waals surface area contributed by atoms with Gasteiger partial charge in [0.05, 0.1) is 56.1 Å². The number of carbonyl (C=O) groups is 2. The number of fused-ring (bicyclic) bond motifs is 1. The van der Waals surface area contributed by atoms with Crippen molar-refractivity contribution >= 4 is 22.0 Å². The first-order chi connectivity index (χ1) is 25.2. The third-order valence-corrected chi connectivity index (χ3v) is 10.9. The van der Waals surface area contributed by atoms with Gasteiger partial charge < -0.3 is 19.7 Å². The van der Waals surface area contributed by atoms with Crippen LogP contribution in [0.1, 0.15) is 66.1 Å². The van der Waals surface area contributed by atoms with E-state index in [2.05, 4.69) is 20.6 Å². The molecule has 278 valence electrons. The van der Waals surface area contributed by atoms with E-state index in [1.54, 1.807) is 53.8 Å². The van der Waals surface area contributed by atoms with Crippen LogP contribution in [0.3, 0.4) is 0 Å². The van der Waals surface area contributed by atoms with Crippen LogP contribution < -0.4 is 4.74 Å². The third kappa shape index (κ3) is 8.62. The van der Waals surface area contributed by atoms with Gasteiger partial charge in [-0.15, -0.1) is 10.2 Å². The van der Waals surface area contributed by atoms with Gasteiger partial charge in [-0.2, -0.15) is 4.31 Å². The van der Waals surface area contributed by atoms with Gasteiger partial charge in [0, 0.05) is 12.7 Å². The Bertz CT molecular complexity index is 2230. The molecule has 0 radical (unpaired) electrons. The summed E-state index contributed by atoms with van der Waals surface area (Å²) in [6.45, 7) is 7.87. The molecule has 0 aliphatic carbocycles. The van der Waals surface area contributed by atoms with E-state index in [1.807, 2.05) is 56.3 Å². The predicted molar refractivity (Wildman–Crippen MR) is 190 cm³/mol. The Morgan fingerprint density at radius 1 is 0.925 bits per heavy atom. The molecular weight excluding hydrogens is 703 g/mol. The van der Waals surface area contributed by atoms with Gasteiger partial charge >= 0.3 is 11.9 Å². The number of para-hydroxylation sites is 1. The molecule has 1 aliphatic rings. The van der Waals surface area contributed by atoms with Crippen molar-refractivity contribution in [2.45, 2.75) is 77.5 Å². The van der Waals surface area contributed by atoms with E-state index in [0.717, 1.165) is 16.7 Å². The van der Waals surface area contributed by atoms with Crippen molar-refractivity contribution in [2.75, 3.05) is 6.54 Å². The summed E-state index contributed by atoms with van der Waals surface area (Å²) in [6.07, 6.45) is 1.83. The number of ether oxygens (including phenoxy) is 2. The van der Waals surface area contributed by atoms with Crippen molar-refractivity contribution in [3.05, 3.63) is 118 Å². The first kappa shape index (κ1) is 37.3. The first-order valence-electron chi connectivity index (χ1n) is 17.0. The average molecular weight is 744 g/mol. The Hall–Kier alpha value is -5.45. The van der Waals surface area contributed by atoms with Crippen molar-refractivity contribution in [1.29, 1.82) is 0 Å². The molecule has 0 saturated heterocycles. The maximum Gasteiger partial charge on any atom is 0.312 e. The van der Waals surface area contributed by atoms with Gasteiger partial charge in [-0.1, -0.05) is 65.0 Å². The summed E-state index contributed by atoms with van der Waals surface area (Å²) in [6, 6.07) is 19.8. The van der Waals surface area contributed by atoms with E-state index < -0.39 is 39.6 Å². The van der Waals surface area contributed by atoms with Gasteiger partial charge in [-0.3, -0.25) is 9.59 Å². The summed E-state index contributed by atoms with van der Waals surface area (Å²) in [5.41, 5.74) is 3.54. The van der Waals surface area contributed by atoms with Gasteiger partial charge in [-0.05, 0) is 67.6 Å². The van der Waals surface area contributed by atoms with Crippen LogP contribution in [0.4, 0.5) is 0 Å². The SMILES string of the molecule is Cc1ccc(C(OCc2cn(Cc3cccc(Cn4cc(CC(=O)O)nn4)c3)nn2)C(C)(C)C(=O)O)cc1CN1C[C@@H](C)Oc2ccccc2S1(=O)=O. The minimum absolute atomic E-state index is 0.0260. The summed E-state index contributed by atoms with van der Waals surface area (Å²) in [7, 11) is -3.89. The van der Waals surface area contributed by atoms with Gasteiger partial charge in [0.2, 0.25) is 10.0 Å². The van der Waals surface area contributed by atoms with Crippen molar-refractivity contribution in [3.8, 4) is 5.75 Å². The van der Waals surface area contributed by atoms with Crippen LogP contribution in [0, 0.1) is 12.3 Å². The number of hydrogen-bond acceptors (Lipinski definition) is 10. The molecule has 1 aliphatic heterocycles. The molecular formula is C37H41N7O8S. The number of aryl methyl sites for hydroxylation is 1. The Kier molecular flexibility index (Phi) is 10.7. The van der Waals surface area contributed by atoms with Crippen LogP contribution >= 0.6 is 0 Å². The fourth-order valence-electron chi connectivity index (χ4n) is 6.24. The highest BCUT2D eigenvalue weighted by Crippen LogP contribution is 2.39. The molecule has 53 heavy (non-hydrogen) atoms. The van der Waals surface area contributed by atoms with Crippen molar-refractivity contribution in [1.82, 2.24) is 34.3 Å². The lowest BCUT2D eigenvalue weighted by Gasteiger charge is -2.31. The van der Waals surface area contributed by atoms with Gasteiger partial charge in [0.1, 0.15) is 22.4 Å². The van der Waals surface area contributed by atoms with Gasteiger partial charge in [-0.25, -0.2) is 17.8 Å². The first-order valence-corrected chi connectivity index (χ1v) is 18.4. The molecule has 3 heterocycles. The van der Waals surface area contributed by atoms with Crippen molar-refractivity contribution < 1.29 is 37.7 Å². The molecule has 0 saturated carbocycles. The minimum atomic E-state index is -3.89. The molecule has 2 N–H and O–H groups in total. The maximum absolute atomic E-state index is 13.8. The van der Waals surface area contributed by atoms with Crippen LogP contribution in [0.25, 0.3) is 0 Å². The zero-order chi connectivity index (χ0) is 37.9. The Labute approximate surface area is 306 Å². The zero-order valence-electron chi connectivity index (χ0n) is 29.8. The molecule has 1 unspecified atom stereocenters. The fraction of sp³-hybridized carbons (Fsp3) is 0.351. The van der Waals surface area contributed by atoms with E-state index in [4.69, 9.17) is 14.6 Å². The lowest BCUT2D eigenvalue weighted by Crippen LogP contribution is -2.36. The average Bonchev–Trinajstić information content (AvgIpc) is 3.72. The van der Waals surface area contributed by atoms with Gasteiger partial charge in [0.25, 0.3) is 0 Å². The number of carboxylic acid groups (broad SMARTS) is 2. The lowest BCUT2D eigenvalue weighted by atomic mass is 9.81. The van der Waals surface area contributed by atoms with E-state index in [1.165, 1.54) is 10.4 Å². The Balaban J connectivity index is 1.17. The molecule has 0 fully saturated rings.